The van der Waals surface area contributed by atoms with Gasteiger partial charge in [-0.3, -0.25) is 14.6 Å². The number of ether oxygens (including phenoxy) is 3. The number of aromatic nitrogens is 1. The summed E-state index contributed by atoms with van der Waals surface area (Å²) < 4.78 is 15.9. The summed E-state index contributed by atoms with van der Waals surface area (Å²) in [5.74, 6) is -1.42. The van der Waals surface area contributed by atoms with Gasteiger partial charge in [0.05, 0.1) is 24.3 Å². The minimum atomic E-state index is -0.891. The summed E-state index contributed by atoms with van der Waals surface area (Å²) in [4.78, 5) is 43.8. The molecule has 0 bridgehead atoms. The third-order valence-corrected chi connectivity index (χ3v) is 6.11. The first kappa shape index (κ1) is 23.1. The molecule has 9 nitrogen and oxygen atoms in total. The van der Waals surface area contributed by atoms with Crippen LogP contribution in [-0.4, -0.2) is 53.0 Å². The van der Waals surface area contributed by atoms with Crippen molar-refractivity contribution in [2.75, 3.05) is 20.3 Å². The van der Waals surface area contributed by atoms with Crippen molar-refractivity contribution < 1.29 is 33.7 Å². The zero-order chi connectivity index (χ0) is 25.2. The number of rotatable bonds is 5. The number of hydrogen-bond donors (Lipinski definition) is 1. The molecule has 2 aliphatic rings. The maximum atomic E-state index is 13.3. The van der Waals surface area contributed by atoms with Crippen molar-refractivity contribution in [2.45, 2.75) is 12.6 Å². The van der Waals surface area contributed by atoms with Gasteiger partial charge in [0, 0.05) is 24.5 Å². The number of ketones is 1. The number of likely N-dealkylation sites (tertiary alicyclic amines) is 1. The second kappa shape index (κ2) is 9.53. The molecular formula is C27H22N2O7. The third kappa shape index (κ3) is 4.15. The lowest BCUT2D eigenvalue weighted by atomic mass is 9.94. The second-order valence-corrected chi connectivity index (χ2v) is 8.25. The van der Waals surface area contributed by atoms with Crippen molar-refractivity contribution in [3.8, 4) is 11.5 Å². The van der Waals surface area contributed by atoms with Crippen LogP contribution in [0.5, 0.6) is 11.5 Å². The molecule has 0 saturated carbocycles. The number of amides is 1. The SMILES string of the molecule is COC(=O)c1ccc(C2/C(=C(/O)c3ccc4c(c3)OCCO4)C(=O)C(=O)N2Cc2ccncc2)cc1. The number of carbonyl (C=O) groups excluding carboxylic acids is 3. The average Bonchev–Trinajstić information content (AvgIpc) is 3.17. The molecule has 0 spiro atoms. The number of nitrogens with zero attached hydrogens (tertiary/aromatic N) is 2. The zero-order valence-electron chi connectivity index (χ0n) is 19.3. The number of aliphatic hydroxyl groups is 1. The highest BCUT2D eigenvalue weighted by molar-refractivity contribution is 6.46. The Morgan fingerprint density at radius 2 is 1.67 bits per heavy atom. The number of esters is 1. The van der Waals surface area contributed by atoms with Gasteiger partial charge in [0.15, 0.2) is 11.5 Å². The van der Waals surface area contributed by atoms with Crippen LogP contribution in [0.2, 0.25) is 0 Å². The van der Waals surface area contributed by atoms with Gasteiger partial charge in [-0.05, 0) is 53.6 Å². The van der Waals surface area contributed by atoms with Crippen molar-refractivity contribution in [3.63, 3.8) is 0 Å². The van der Waals surface area contributed by atoms with Crippen molar-refractivity contribution >= 4 is 23.4 Å². The van der Waals surface area contributed by atoms with Crippen LogP contribution in [0.4, 0.5) is 0 Å². The van der Waals surface area contributed by atoms with Gasteiger partial charge in [-0.2, -0.15) is 0 Å². The summed E-state index contributed by atoms with van der Waals surface area (Å²) >= 11 is 0. The van der Waals surface area contributed by atoms with Crippen LogP contribution in [-0.2, 0) is 20.9 Å². The molecule has 2 aromatic carbocycles. The van der Waals surface area contributed by atoms with Gasteiger partial charge in [-0.25, -0.2) is 4.79 Å². The Balaban J connectivity index is 1.62. The first-order chi connectivity index (χ1) is 17.5. The Kier molecular flexibility index (Phi) is 6.12. The molecule has 3 heterocycles. The molecule has 5 rings (SSSR count). The van der Waals surface area contributed by atoms with Gasteiger partial charge < -0.3 is 24.2 Å². The molecule has 1 amide bonds. The molecule has 182 valence electrons. The average molecular weight is 486 g/mol. The molecule has 1 N–H and O–H groups in total. The van der Waals surface area contributed by atoms with E-state index in [1.807, 2.05) is 0 Å². The molecule has 1 unspecified atom stereocenters. The minimum Gasteiger partial charge on any atom is -0.507 e. The van der Waals surface area contributed by atoms with E-state index in [0.29, 0.717) is 41.4 Å². The van der Waals surface area contributed by atoms with Gasteiger partial charge in [0.1, 0.15) is 19.0 Å². The summed E-state index contributed by atoms with van der Waals surface area (Å²) in [6.07, 6.45) is 3.20. The Hall–Kier alpha value is -4.66. The van der Waals surface area contributed by atoms with Crippen molar-refractivity contribution in [1.82, 2.24) is 9.88 Å². The predicted octanol–water partition coefficient (Wildman–Crippen LogP) is 3.26. The topological polar surface area (TPSA) is 115 Å². The predicted molar refractivity (Wildman–Crippen MR) is 127 cm³/mol. The molecule has 9 heteroatoms. The Morgan fingerprint density at radius 1 is 1.00 bits per heavy atom. The van der Waals surface area contributed by atoms with Crippen LogP contribution in [0.25, 0.3) is 5.76 Å². The van der Waals surface area contributed by atoms with E-state index in [2.05, 4.69) is 4.98 Å². The van der Waals surface area contributed by atoms with E-state index in [0.717, 1.165) is 5.56 Å². The molecule has 2 aliphatic heterocycles. The summed E-state index contributed by atoms with van der Waals surface area (Å²) in [7, 11) is 1.28. The van der Waals surface area contributed by atoms with Gasteiger partial charge in [-0.1, -0.05) is 12.1 Å². The highest BCUT2D eigenvalue weighted by Gasteiger charge is 2.46. The lowest BCUT2D eigenvalue weighted by Gasteiger charge is -2.25. The fourth-order valence-electron chi connectivity index (χ4n) is 4.34. The summed E-state index contributed by atoms with van der Waals surface area (Å²) in [6, 6.07) is 13.8. The van der Waals surface area contributed by atoms with Crippen molar-refractivity contribution in [1.29, 1.82) is 0 Å². The Bertz CT molecular complexity index is 1370. The Labute approximate surface area is 206 Å². The molecule has 1 atom stereocenters. The third-order valence-electron chi connectivity index (χ3n) is 6.11. The fraction of sp³-hybridized carbons (Fsp3) is 0.185. The van der Waals surface area contributed by atoms with Crippen LogP contribution >= 0.6 is 0 Å². The van der Waals surface area contributed by atoms with E-state index < -0.39 is 23.7 Å². The number of fused-ring (bicyclic) bond motifs is 1. The Morgan fingerprint density at radius 3 is 2.36 bits per heavy atom. The summed E-state index contributed by atoms with van der Waals surface area (Å²) in [5.41, 5.74) is 1.89. The largest absolute Gasteiger partial charge is 0.507 e. The second-order valence-electron chi connectivity index (χ2n) is 8.25. The van der Waals surface area contributed by atoms with Crippen LogP contribution in [0, 0.1) is 0 Å². The highest BCUT2D eigenvalue weighted by atomic mass is 16.6. The number of carbonyl (C=O) groups is 3. The molecule has 1 aromatic heterocycles. The number of methoxy groups -OCH3 is 1. The molecular weight excluding hydrogens is 464 g/mol. The standard InChI is InChI=1S/C27H22N2O7/c1-34-27(33)18-4-2-17(3-5-18)23-22(24(30)19-6-7-20-21(14-19)36-13-12-35-20)25(31)26(32)29(23)15-16-8-10-28-11-9-16/h2-11,14,23,30H,12-13,15H2,1H3/b24-22-. The smallest absolute Gasteiger partial charge is 0.337 e. The van der Waals surface area contributed by atoms with Crippen LogP contribution in [0.15, 0.2) is 72.6 Å². The quantitative estimate of drug-likeness (QED) is 0.253. The molecule has 0 aliphatic carbocycles. The molecule has 0 radical (unpaired) electrons. The van der Waals surface area contributed by atoms with Crippen LogP contribution in [0.1, 0.15) is 33.1 Å². The normalized spacial score (nSPS) is 18.2. The first-order valence-electron chi connectivity index (χ1n) is 11.2. The fourth-order valence-corrected chi connectivity index (χ4v) is 4.34. The zero-order valence-corrected chi connectivity index (χ0v) is 19.3. The van der Waals surface area contributed by atoms with E-state index in [1.54, 1.807) is 67.0 Å². The summed E-state index contributed by atoms with van der Waals surface area (Å²) in [6.45, 7) is 0.897. The summed E-state index contributed by atoms with van der Waals surface area (Å²) in [5, 5.41) is 11.3. The number of Topliss-reactive ketones (excluding diaryl/α,β-unsaturated/α-hetero) is 1. The highest BCUT2D eigenvalue weighted by Crippen LogP contribution is 2.41. The van der Waals surface area contributed by atoms with Gasteiger partial charge in [0.25, 0.3) is 11.7 Å². The van der Waals surface area contributed by atoms with E-state index in [1.165, 1.54) is 12.0 Å². The minimum absolute atomic E-state index is 0.0587. The molecule has 36 heavy (non-hydrogen) atoms. The first-order valence-corrected chi connectivity index (χ1v) is 11.2. The number of hydrogen-bond acceptors (Lipinski definition) is 8. The van der Waals surface area contributed by atoms with Crippen LogP contribution < -0.4 is 9.47 Å². The van der Waals surface area contributed by atoms with Gasteiger partial charge in [0.2, 0.25) is 0 Å². The molecule has 3 aromatic rings. The lowest BCUT2D eigenvalue weighted by molar-refractivity contribution is -0.140. The molecule has 1 saturated heterocycles. The number of aliphatic hydroxyl groups excluding tert-OH is 1. The molecule has 1 fully saturated rings. The number of benzene rings is 2. The monoisotopic (exact) mass is 486 g/mol. The maximum Gasteiger partial charge on any atom is 0.337 e. The van der Waals surface area contributed by atoms with E-state index >= 15 is 0 Å². The van der Waals surface area contributed by atoms with Crippen LogP contribution in [0.3, 0.4) is 0 Å². The van der Waals surface area contributed by atoms with E-state index in [9.17, 15) is 19.5 Å². The lowest BCUT2D eigenvalue weighted by Crippen LogP contribution is -2.29. The number of pyridine rings is 1. The maximum absolute atomic E-state index is 13.3. The van der Waals surface area contributed by atoms with Gasteiger partial charge >= 0.3 is 5.97 Å². The van der Waals surface area contributed by atoms with E-state index in [-0.39, 0.29) is 17.9 Å². The van der Waals surface area contributed by atoms with Crippen molar-refractivity contribution in [2.24, 2.45) is 0 Å². The van der Waals surface area contributed by atoms with Crippen molar-refractivity contribution in [3.05, 3.63) is 94.8 Å². The van der Waals surface area contributed by atoms with E-state index in [4.69, 9.17) is 14.2 Å². The van der Waals surface area contributed by atoms with Gasteiger partial charge in [-0.15, -0.1) is 0 Å².